The number of rotatable bonds is 5. The molecule has 1 amide bonds. The van der Waals surface area contributed by atoms with Crippen molar-refractivity contribution in [3.8, 4) is 5.75 Å². The molecule has 2 N–H and O–H groups in total. The predicted octanol–water partition coefficient (Wildman–Crippen LogP) is 3.39. The number of amides is 1. The Bertz CT molecular complexity index is 570. The van der Waals surface area contributed by atoms with Crippen LogP contribution in [0.25, 0.3) is 0 Å². The quantitative estimate of drug-likeness (QED) is 0.816. The number of nitrogens with one attached hydrogen (secondary N) is 2. The summed E-state index contributed by atoms with van der Waals surface area (Å²) in [5, 5.41) is 6.18. The van der Waals surface area contributed by atoms with Crippen molar-refractivity contribution in [2.45, 2.75) is 52.3 Å². The molecule has 1 atom stereocenters. The van der Waals surface area contributed by atoms with Crippen LogP contribution in [0.15, 0.2) is 16.6 Å². The zero-order valence-corrected chi connectivity index (χ0v) is 15.7. The average Bonchev–Trinajstić information content (AvgIpc) is 2.88. The number of hydrogen-bond donors (Lipinski definition) is 2. The van der Waals surface area contributed by atoms with Gasteiger partial charge in [-0.25, -0.2) is 4.79 Å². The third-order valence-corrected chi connectivity index (χ3v) is 3.88. The van der Waals surface area contributed by atoms with E-state index in [-0.39, 0.29) is 6.04 Å². The first-order valence-corrected chi connectivity index (χ1v) is 8.68. The number of fused-ring (bicyclic) bond motifs is 1. The Morgan fingerprint density at radius 2 is 2.17 bits per heavy atom. The normalized spacial score (nSPS) is 14.8. The van der Waals surface area contributed by atoms with Gasteiger partial charge in [0.1, 0.15) is 11.4 Å². The standard InChI is InChI=1S/C17H25BrN2O3/c1-11(9-20-16(21)23-17(2,3)4)19-10-13-8-14(18)7-12-5-6-22-15(12)13/h7-8,11,19H,5-6,9-10H2,1-4H3,(H,20,21). The summed E-state index contributed by atoms with van der Waals surface area (Å²) in [6.07, 6.45) is 0.565. The molecule has 0 aromatic heterocycles. The van der Waals surface area contributed by atoms with Gasteiger partial charge in [0.25, 0.3) is 0 Å². The van der Waals surface area contributed by atoms with Gasteiger partial charge in [0.05, 0.1) is 6.61 Å². The van der Waals surface area contributed by atoms with Crippen LogP contribution in [-0.4, -0.2) is 30.9 Å². The van der Waals surface area contributed by atoms with Gasteiger partial charge in [0.15, 0.2) is 0 Å². The molecule has 128 valence electrons. The molecule has 1 unspecified atom stereocenters. The molecule has 0 aliphatic carbocycles. The van der Waals surface area contributed by atoms with Crippen LogP contribution in [0.5, 0.6) is 5.75 Å². The highest BCUT2D eigenvalue weighted by Gasteiger charge is 2.19. The van der Waals surface area contributed by atoms with Gasteiger partial charge in [-0.2, -0.15) is 0 Å². The number of halogens is 1. The van der Waals surface area contributed by atoms with E-state index in [0.717, 1.165) is 28.8 Å². The minimum Gasteiger partial charge on any atom is -0.493 e. The predicted molar refractivity (Wildman–Crippen MR) is 93.9 cm³/mol. The van der Waals surface area contributed by atoms with Crippen LogP contribution < -0.4 is 15.4 Å². The molecule has 0 radical (unpaired) electrons. The van der Waals surface area contributed by atoms with Crippen molar-refractivity contribution in [3.05, 3.63) is 27.7 Å². The van der Waals surface area contributed by atoms with Crippen molar-refractivity contribution >= 4 is 22.0 Å². The molecule has 1 aromatic carbocycles. The van der Waals surface area contributed by atoms with Crippen LogP contribution >= 0.6 is 15.9 Å². The summed E-state index contributed by atoms with van der Waals surface area (Å²) in [7, 11) is 0. The van der Waals surface area contributed by atoms with E-state index >= 15 is 0 Å². The van der Waals surface area contributed by atoms with Crippen LogP contribution in [0.4, 0.5) is 4.79 Å². The molecule has 6 heteroatoms. The van der Waals surface area contributed by atoms with Gasteiger partial charge < -0.3 is 20.1 Å². The van der Waals surface area contributed by atoms with E-state index in [0.29, 0.717) is 13.1 Å². The monoisotopic (exact) mass is 384 g/mol. The second-order valence-corrected chi connectivity index (χ2v) is 7.73. The van der Waals surface area contributed by atoms with Crippen LogP contribution in [0.3, 0.4) is 0 Å². The van der Waals surface area contributed by atoms with Gasteiger partial charge in [-0.05, 0) is 45.4 Å². The van der Waals surface area contributed by atoms with Gasteiger partial charge in [0.2, 0.25) is 0 Å². The maximum Gasteiger partial charge on any atom is 0.407 e. The lowest BCUT2D eigenvalue weighted by molar-refractivity contribution is 0.0523. The van der Waals surface area contributed by atoms with E-state index < -0.39 is 11.7 Å². The second-order valence-electron chi connectivity index (χ2n) is 6.82. The Morgan fingerprint density at radius 1 is 1.43 bits per heavy atom. The molecule has 1 aliphatic rings. The Kier molecular flexibility index (Phi) is 5.92. The summed E-state index contributed by atoms with van der Waals surface area (Å²) in [5.74, 6) is 0.994. The minimum absolute atomic E-state index is 0.124. The first kappa shape index (κ1) is 18.1. The molecule has 1 heterocycles. The molecule has 1 aromatic rings. The highest BCUT2D eigenvalue weighted by molar-refractivity contribution is 9.10. The van der Waals surface area contributed by atoms with E-state index in [4.69, 9.17) is 9.47 Å². The summed E-state index contributed by atoms with van der Waals surface area (Å²) in [6.45, 7) is 9.52. The van der Waals surface area contributed by atoms with Gasteiger partial charge in [-0.15, -0.1) is 0 Å². The summed E-state index contributed by atoms with van der Waals surface area (Å²) in [5.41, 5.74) is 1.90. The zero-order chi connectivity index (χ0) is 17.0. The van der Waals surface area contributed by atoms with E-state index in [1.807, 2.05) is 27.7 Å². The van der Waals surface area contributed by atoms with Crippen LogP contribution in [0.2, 0.25) is 0 Å². The van der Waals surface area contributed by atoms with Crippen molar-refractivity contribution in [1.29, 1.82) is 0 Å². The Labute approximate surface area is 146 Å². The van der Waals surface area contributed by atoms with Crippen molar-refractivity contribution in [1.82, 2.24) is 10.6 Å². The smallest absolute Gasteiger partial charge is 0.407 e. The molecule has 2 rings (SSSR count). The van der Waals surface area contributed by atoms with E-state index in [9.17, 15) is 4.79 Å². The molecule has 0 bridgehead atoms. The number of ether oxygens (including phenoxy) is 2. The van der Waals surface area contributed by atoms with Crippen molar-refractivity contribution < 1.29 is 14.3 Å². The Morgan fingerprint density at radius 3 is 2.87 bits per heavy atom. The van der Waals surface area contributed by atoms with Crippen LogP contribution in [0, 0.1) is 0 Å². The zero-order valence-electron chi connectivity index (χ0n) is 14.2. The maximum atomic E-state index is 11.6. The molecule has 1 aliphatic heterocycles. The topological polar surface area (TPSA) is 59.6 Å². The van der Waals surface area contributed by atoms with Crippen LogP contribution in [-0.2, 0) is 17.7 Å². The number of benzene rings is 1. The van der Waals surface area contributed by atoms with E-state index in [1.54, 1.807) is 0 Å². The lowest BCUT2D eigenvalue weighted by Crippen LogP contribution is -2.41. The fourth-order valence-corrected chi connectivity index (χ4v) is 2.94. The molecular weight excluding hydrogens is 360 g/mol. The molecule has 0 fully saturated rings. The van der Waals surface area contributed by atoms with Gasteiger partial charge in [0, 0.05) is 35.6 Å². The highest BCUT2D eigenvalue weighted by Crippen LogP contribution is 2.32. The lowest BCUT2D eigenvalue weighted by atomic mass is 10.1. The maximum absolute atomic E-state index is 11.6. The van der Waals surface area contributed by atoms with Gasteiger partial charge >= 0.3 is 6.09 Å². The Balaban J connectivity index is 1.81. The molecule has 0 saturated carbocycles. The molecule has 0 spiro atoms. The third-order valence-electron chi connectivity index (χ3n) is 3.42. The molecular formula is C17H25BrN2O3. The van der Waals surface area contributed by atoms with E-state index in [2.05, 4.69) is 38.7 Å². The van der Waals surface area contributed by atoms with E-state index in [1.165, 1.54) is 5.56 Å². The fourth-order valence-electron chi connectivity index (χ4n) is 2.38. The SMILES string of the molecule is CC(CNC(=O)OC(C)(C)C)NCc1cc(Br)cc2c1OCC2. The first-order valence-electron chi connectivity index (χ1n) is 7.89. The average molecular weight is 385 g/mol. The first-order chi connectivity index (χ1) is 10.7. The van der Waals surface area contributed by atoms with Crippen molar-refractivity contribution in [2.75, 3.05) is 13.2 Å². The minimum atomic E-state index is -0.477. The Hall–Kier alpha value is -1.27. The largest absolute Gasteiger partial charge is 0.493 e. The van der Waals surface area contributed by atoms with Gasteiger partial charge in [-0.1, -0.05) is 15.9 Å². The summed E-state index contributed by atoms with van der Waals surface area (Å²) in [4.78, 5) is 11.6. The number of carbonyl (C=O) groups excluding carboxylic acids is 1. The van der Waals surface area contributed by atoms with Crippen molar-refractivity contribution in [3.63, 3.8) is 0 Å². The number of alkyl carbamates (subject to hydrolysis) is 1. The summed E-state index contributed by atoms with van der Waals surface area (Å²) >= 11 is 3.54. The number of carbonyl (C=O) groups is 1. The van der Waals surface area contributed by atoms with Crippen LogP contribution in [0.1, 0.15) is 38.8 Å². The van der Waals surface area contributed by atoms with Crippen molar-refractivity contribution in [2.24, 2.45) is 0 Å². The summed E-state index contributed by atoms with van der Waals surface area (Å²) in [6, 6.07) is 4.31. The fraction of sp³-hybridized carbons (Fsp3) is 0.588. The molecule has 0 saturated heterocycles. The van der Waals surface area contributed by atoms with Gasteiger partial charge in [-0.3, -0.25) is 0 Å². The summed E-state index contributed by atoms with van der Waals surface area (Å²) < 4.78 is 12.0. The highest BCUT2D eigenvalue weighted by atomic mass is 79.9. The molecule has 23 heavy (non-hydrogen) atoms. The molecule has 5 nitrogen and oxygen atoms in total. The third kappa shape index (κ3) is 5.70. The number of hydrogen-bond acceptors (Lipinski definition) is 4. The second kappa shape index (κ2) is 7.53. The lowest BCUT2D eigenvalue weighted by Gasteiger charge is -2.21.